The average molecular weight is 319 g/mol. The summed E-state index contributed by atoms with van der Waals surface area (Å²) >= 11 is 2.27. The van der Waals surface area contributed by atoms with Crippen LogP contribution in [0.3, 0.4) is 0 Å². The predicted molar refractivity (Wildman–Crippen MR) is 76.0 cm³/mol. The van der Waals surface area contributed by atoms with Gasteiger partial charge in [-0.25, -0.2) is 4.98 Å². The van der Waals surface area contributed by atoms with Crippen LogP contribution >= 0.6 is 15.9 Å². The van der Waals surface area contributed by atoms with Crippen LogP contribution in [0.2, 0.25) is 0 Å². The molecule has 17 heavy (non-hydrogen) atoms. The third-order valence-corrected chi connectivity index (χ3v) is 4.36. The first-order valence-corrected chi connectivity index (χ1v) is 7.59. The molecule has 0 aliphatic carbocycles. The van der Waals surface area contributed by atoms with Gasteiger partial charge in [-0.15, -0.1) is 4.72 Å². The molecule has 1 unspecified atom stereocenters. The van der Waals surface area contributed by atoms with E-state index < -0.39 is 11.4 Å². The van der Waals surface area contributed by atoms with Crippen molar-refractivity contribution in [3.05, 3.63) is 28.5 Å². The zero-order valence-electron chi connectivity index (χ0n) is 10.7. The highest BCUT2D eigenvalue weighted by molar-refractivity contribution is 9.10. The third kappa shape index (κ3) is 4.58. The molecule has 0 amide bonds. The Morgan fingerprint density at radius 1 is 1.47 bits per heavy atom. The number of hydrogen-bond acceptors (Lipinski definition) is 3. The molecule has 5 heteroatoms. The fourth-order valence-electron chi connectivity index (χ4n) is 1.28. The van der Waals surface area contributed by atoms with Gasteiger partial charge in [-0.1, -0.05) is 13.0 Å². The number of nitrogens with zero attached hydrogens (tertiary/aromatic N) is 1. The van der Waals surface area contributed by atoms with Crippen LogP contribution in [0.25, 0.3) is 0 Å². The van der Waals surface area contributed by atoms with Crippen LogP contribution < -0.4 is 4.72 Å². The highest BCUT2D eigenvalue weighted by Crippen LogP contribution is 2.22. The number of aromatic nitrogens is 1. The van der Waals surface area contributed by atoms with Gasteiger partial charge in [-0.05, 0) is 55.3 Å². The smallest absolute Gasteiger partial charge is 0.136 e. The number of nitrogens with one attached hydrogen (secondary N) is 1. The molecule has 3 nitrogen and oxygen atoms in total. The summed E-state index contributed by atoms with van der Waals surface area (Å²) in [5.74, 6) is 0. The molecular formula is C12H19BrN2OS. The van der Waals surface area contributed by atoms with Crippen LogP contribution in [-0.2, 0) is 11.4 Å². The Morgan fingerprint density at radius 2 is 2.12 bits per heavy atom. The van der Waals surface area contributed by atoms with Crippen molar-refractivity contribution in [2.24, 2.45) is 0 Å². The van der Waals surface area contributed by atoms with Crippen molar-refractivity contribution in [2.75, 3.05) is 0 Å². The van der Waals surface area contributed by atoms with Gasteiger partial charge in [0, 0.05) is 11.4 Å². The number of hydrogen-bond donors (Lipinski definition) is 1. The molecule has 0 aliphatic rings. The Bertz CT molecular complexity index is 368. The van der Waals surface area contributed by atoms with Crippen molar-refractivity contribution in [1.29, 1.82) is 0 Å². The summed E-state index contributed by atoms with van der Waals surface area (Å²) < 4.78 is 15.7. The molecule has 0 aromatic carbocycles. The molecule has 2 atom stereocenters. The minimum absolute atomic E-state index is 0.0209. The van der Waals surface area contributed by atoms with Crippen LogP contribution in [0.4, 0.5) is 0 Å². The molecule has 0 fully saturated rings. The summed E-state index contributed by atoms with van der Waals surface area (Å²) in [4.78, 5) is 4.40. The van der Waals surface area contributed by atoms with Gasteiger partial charge in [0.05, 0.1) is 11.7 Å². The summed E-state index contributed by atoms with van der Waals surface area (Å²) in [6, 6.07) is 5.80. The quantitative estimate of drug-likeness (QED) is 0.684. The second-order valence-electron chi connectivity index (χ2n) is 4.84. The molecule has 1 N–H and O–H groups in total. The Morgan fingerprint density at radius 3 is 2.59 bits per heavy atom. The lowest BCUT2D eigenvalue weighted by Crippen LogP contribution is -2.41. The van der Waals surface area contributed by atoms with E-state index in [1.165, 1.54) is 0 Å². The Hall–Kier alpha value is -0.100. The zero-order chi connectivity index (χ0) is 13.1. The van der Waals surface area contributed by atoms with Gasteiger partial charge in [0.25, 0.3) is 0 Å². The molecule has 0 bridgehead atoms. The second-order valence-corrected chi connectivity index (χ2v) is 7.66. The van der Waals surface area contributed by atoms with E-state index in [0.29, 0.717) is 0 Å². The maximum Gasteiger partial charge on any atom is 0.136 e. The van der Waals surface area contributed by atoms with E-state index in [4.69, 9.17) is 0 Å². The van der Waals surface area contributed by atoms with Crippen molar-refractivity contribution in [3.63, 3.8) is 0 Å². The van der Waals surface area contributed by atoms with E-state index in [2.05, 4.69) is 32.6 Å². The highest BCUT2D eigenvalue weighted by atomic mass is 79.9. The Labute approximate surface area is 115 Å². The lowest BCUT2D eigenvalue weighted by atomic mass is 10.1. The van der Waals surface area contributed by atoms with Gasteiger partial charge in [0.1, 0.15) is 9.35 Å². The number of halogens is 1. The SMILES string of the molecule is CC[C@H](N[S+]([O-])C(C)(C)C)c1cccc(Br)n1. The monoisotopic (exact) mass is 318 g/mol. The molecule has 0 saturated heterocycles. The zero-order valence-corrected chi connectivity index (χ0v) is 13.1. The number of pyridine rings is 1. The van der Waals surface area contributed by atoms with Gasteiger partial charge in [-0.2, -0.15) is 0 Å². The van der Waals surface area contributed by atoms with Crippen molar-refractivity contribution < 1.29 is 4.55 Å². The van der Waals surface area contributed by atoms with Gasteiger partial charge in [0.15, 0.2) is 0 Å². The van der Waals surface area contributed by atoms with E-state index in [-0.39, 0.29) is 10.8 Å². The van der Waals surface area contributed by atoms with Gasteiger partial charge in [0.2, 0.25) is 0 Å². The molecular weight excluding hydrogens is 300 g/mol. The standard InChI is InChI=1S/C12H19BrN2OS/c1-5-9(15-17(16)12(2,3)4)10-7-6-8-11(13)14-10/h6-9,15H,5H2,1-4H3/t9-,17?/m0/s1. The van der Waals surface area contributed by atoms with Crippen LogP contribution in [0.15, 0.2) is 22.8 Å². The summed E-state index contributed by atoms with van der Waals surface area (Å²) in [6.07, 6.45) is 0.852. The van der Waals surface area contributed by atoms with Crippen LogP contribution in [0, 0.1) is 0 Å². The third-order valence-electron chi connectivity index (χ3n) is 2.31. The lowest BCUT2D eigenvalue weighted by Gasteiger charge is -2.27. The summed E-state index contributed by atoms with van der Waals surface area (Å²) in [6.45, 7) is 7.92. The molecule has 1 rings (SSSR count). The predicted octanol–water partition coefficient (Wildman–Crippen LogP) is 3.35. The van der Waals surface area contributed by atoms with Crippen LogP contribution in [-0.4, -0.2) is 14.3 Å². The van der Waals surface area contributed by atoms with Gasteiger partial charge >= 0.3 is 0 Å². The van der Waals surface area contributed by atoms with Gasteiger partial charge < -0.3 is 4.55 Å². The maximum atomic E-state index is 12.1. The molecule has 0 saturated carbocycles. The van der Waals surface area contributed by atoms with E-state index in [9.17, 15) is 4.55 Å². The first-order valence-electron chi connectivity index (χ1n) is 5.65. The summed E-state index contributed by atoms with van der Waals surface area (Å²) in [7, 11) is 0. The van der Waals surface area contributed by atoms with Crippen molar-refractivity contribution in [3.8, 4) is 0 Å². The minimum Gasteiger partial charge on any atom is -0.598 e. The highest BCUT2D eigenvalue weighted by Gasteiger charge is 2.29. The maximum absolute atomic E-state index is 12.1. The minimum atomic E-state index is -1.08. The second kappa shape index (κ2) is 6.18. The largest absolute Gasteiger partial charge is 0.598 e. The van der Waals surface area contributed by atoms with E-state index in [0.717, 1.165) is 16.7 Å². The topological polar surface area (TPSA) is 48.0 Å². The lowest BCUT2D eigenvalue weighted by molar-refractivity contribution is 0.514. The van der Waals surface area contributed by atoms with Crippen molar-refractivity contribution in [2.45, 2.75) is 44.9 Å². The fourth-order valence-corrected chi connectivity index (χ4v) is 2.53. The average Bonchev–Trinajstić information content (AvgIpc) is 2.24. The van der Waals surface area contributed by atoms with Crippen molar-refractivity contribution >= 4 is 27.3 Å². The van der Waals surface area contributed by atoms with E-state index >= 15 is 0 Å². The van der Waals surface area contributed by atoms with Crippen LogP contribution in [0.5, 0.6) is 0 Å². The Balaban J connectivity index is 2.79. The first-order chi connectivity index (χ1) is 7.84. The van der Waals surface area contributed by atoms with E-state index in [1.807, 2.05) is 39.0 Å². The van der Waals surface area contributed by atoms with Crippen LogP contribution in [0.1, 0.15) is 45.9 Å². The normalized spacial score (nSPS) is 15.6. The molecule has 96 valence electrons. The van der Waals surface area contributed by atoms with E-state index in [1.54, 1.807) is 0 Å². The molecule has 0 radical (unpaired) electrons. The molecule has 0 spiro atoms. The summed E-state index contributed by atoms with van der Waals surface area (Å²) in [5, 5.41) is 0. The van der Waals surface area contributed by atoms with Gasteiger partial charge in [-0.3, -0.25) is 0 Å². The fraction of sp³-hybridized carbons (Fsp3) is 0.583. The Kier molecular flexibility index (Phi) is 5.44. The summed E-state index contributed by atoms with van der Waals surface area (Å²) in [5.41, 5.74) is 0.916. The number of rotatable bonds is 4. The molecule has 1 heterocycles. The first kappa shape index (κ1) is 15.0. The molecule has 1 aromatic heterocycles. The van der Waals surface area contributed by atoms with Crippen molar-refractivity contribution in [1.82, 2.24) is 9.71 Å². The molecule has 0 aliphatic heterocycles. The molecule has 1 aromatic rings.